The molecule has 2 aromatic heterocycles. The van der Waals surface area contributed by atoms with Crippen LogP contribution in [0.4, 0.5) is 29.4 Å². The van der Waals surface area contributed by atoms with Gasteiger partial charge in [0, 0.05) is 64.5 Å². The quantitative estimate of drug-likeness (QED) is 0.552. The maximum atomic E-state index is 9.69. The van der Waals surface area contributed by atoms with E-state index in [2.05, 4.69) is 82.2 Å². The van der Waals surface area contributed by atoms with E-state index in [1.165, 1.54) is 5.69 Å². The molecular weight excluding hydrogens is 454 g/mol. The number of nitrogens with one attached hydrogen (secondary N) is 1. The van der Waals surface area contributed by atoms with Crippen molar-refractivity contribution < 1.29 is 0 Å². The fourth-order valence-electron chi connectivity index (χ4n) is 4.38. The molecule has 0 amide bonds. The number of aromatic nitrogens is 5. The molecule has 186 valence electrons. The monoisotopic (exact) mass is 485 g/mol. The number of para-hydroxylation sites is 1. The fraction of sp³-hybridized carbons (Fsp3) is 0.440. The SMILES string of the molecule is CCc1nc(Nc2nc(N3CCN(c4ccccc4)CC3)ncc2C#N)nc(N2CCN(C)CC2)n1. The molecule has 11 nitrogen and oxygen atoms in total. The van der Waals surface area contributed by atoms with E-state index in [4.69, 9.17) is 4.98 Å². The molecule has 0 bridgehead atoms. The Morgan fingerprint density at radius 3 is 2.19 bits per heavy atom. The molecule has 0 atom stereocenters. The van der Waals surface area contributed by atoms with Gasteiger partial charge in [0.05, 0.1) is 6.20 Å². The first-order valence-corrected chi connectivity index (χ1v) is 12.4. The number of piperazine rings is 2. The molecule has 2 aliphatic rings. The molecule has 0 saturated carbocycles. The molecule has 0 radical (unpaired) electrons. The summed E-state index contributed by atoms with van der Waals surface area (Å²) in [6.45, 7) is 8.99. The van der Waals surface area contributed by atoms with Crippen LogP contribution >= 0.6 is 0 Å². The van der Waals surface area contributed by atoms with Gasteiger partial charge in [0.2, 0.25) is 17.8 Å². The minimum absolute atomic E-state index is 0.348. The van der Waals surface area contributed by atoms with E-state index in [0.29, 0.717) is 41.5 Å². The van der Waals surface area contributed by atoms with Crippen LogP contribution in [0.1, 0.15) is 18.3 Å². The van der Waals surface area contributed by atoms with Gasteiger partial charge in [0.1, 0.15) is 17.5 Å². The van der Waals surface area contributed by atoms with Crippen LogP contribution in [0.25, 0.3) is 0 Å². The Morgan fingerprint density at radius 1 is 0.833 bits per heavy atom. The van der Waals surface area contributed by atoms with Gasteiger partial charge in [-0.3, -0.25) is 0 Å². The summed E-state index contributed by atoms with van der Waals surface area (Å²) in [6, 6.07) is 12.6. The van der Waals surface area contributed by atoms with Gasteiger partial charge in [-0.25, -0.2) is 4.98 Å². The topological polar surface area (TPSA) is 113 Å². The van der Waals surface area contributed by atoms with Crippen molar-refractivity contribution in [3.63, 3.8) is 0 Å². The molecule has 2 saturated heterocycles. The van der Waals surface area contributed by atoms with Crippen molar-refractivity contribution in [2.24, 2.45) is 0 Å². The molecule has 3 aromatic rings. The van der Waals surface area contributed by atoms with Crippen molar-refractivity contribution in [3.05, 3.63) is 47.9 Å². The molecule has 36 heavy (non-hydrogen) atoms. The lowest BCUT2D eigenvalue weighted by molar-refractivity contribution is 0.311. The lowest BCUT2D eigenvalue weighted by Gasteiger charge is -2.36. The highest BCUT2D eigenvalue weighted by Gasteiger charge is 2.22. The summed E-state index contributed by atoms with van der Waals surface area (Å²) in [6.07, 6.45) is 2.25. The smallest absolute Gasteiger partial charge is 0.233 e. The minimum atomic E-state index is 0.348. The largest absolute Gasteiger partial charge is 0.368 e. The summed E-state index contributed by atoms with van der Waals surface area (Å²) in [5.41, 5.74) is 1.57. The molecule has 0 aliphatic carbocycles. The first kappa shape index (κ1) is 23.7. The van der Waals surface area contributed by atoms with Gasteiger partial charge in [-0.2, -0.15) is 25.2 Å². The second kappa shape index (κ2) is 10.7. The van der Waals surface area contributed by atoms with Gasteiger partial charge in [-0.15, -0.1) is 0 Å². The number of nitrogens with zero attached hydrogens (tertiary/aromatic N) is 10. The van der Waals surface area contributed by atoms with Crippen LogP contribution in [-0.2, 0) is 6.42 Å². The second-order valence-electron chi connectivity index (χ2n) is 9.00. The Labute approximate surface area is 211 Å². The lowest BCUT2D eigenvalue weighted by Crippen LogP contribution is -2.47. The van der Waals surface area contributed by atoms with Crippen molar-refractivity contribution in [3.8, 4) is 6.07 Å². The summed E-state index contributed by atoms with van der Waals surface area (Å²) in [5, 5.41) is 12.9. The van der Waals surface area contributed by atoms with Crippen molar-refractivity contribution >= 4 is 29.4 Å². The molecule has 0 unspecified atom stereocenters. The van der Waals surface area contributed by atoms with Crippen molar-refractivity contribution in [1.82, 2.24) is 29.8 Å². The zero-order valence-corrected chi connectivity index (χ0v) is 20.8. The Morgan fingerprint density at radius 2 is 1.50 bits per heavy atom. The standard InChI is InChI=1S/C25H31N11/c1-3-21-28-23(32-25(29-21)36-11-9-33(2)10-12-36)30-22-19(17-26)18-27-24(31-22)35-15-13-34(14-16-35)20-7-5-4-6-8-20/h4-8,18H,3,9-16H2,1-2H3,(H,27,28,29,30,31,32). The van der Waals surface area contributed by atoms with Crippen molar-refractivity contribution in [1.29, 1.82) is 5.26 Å². The molecule has 1 N–H and O–H groups in total. The van der Waals surface area contributed by atoms with Gasteiger partial charge < -0.3 is 24.9 Å². The number of hydrogen-bond acceptors (Lipinski definition) is 11. The summed E-state index contributed by atoms with van der Waals surface area (Å²) in [5.74, 6) is 2.75. The zero-order valence-electron chi connectivity index (χ0n) is 20.8. The summed E-state index contributed by atoms with van der Waals surface area (Å²) < 4.78 is 0. The predicted molar refractivity (Wildman–Crippen MR) is 140 cm³/mol. The fourth-order valence-corrected chi connectivity index (χ4v) is 4.38. The molecule has 4 heterocycles. The number of benzene rings is 1. The Hall–Kier alpha value is -4.04. The number of hydrogen-bond donors (Lipinski definition) is 1. The first-order valence-electron chi connectivity index (χ1n) is 12.4. The van der Waals surface area contributed by atoms with Crippen molar-refractivity contribution in [2.75, 3.05) is 79.4 Å². The zero-order chi connectivity index (χ0) is 24.9. The minimum Gasteiger partial charge on any atom is -0.368 e. The highest BCUT2D eigenvalue weighted by molar-refractivity contribution is 5.60. The average Bonchev–Trinajstić information content (AvgIpc) is 2.94. The number of likely N-dealkylation sites (N-methyl/N-ethyl adjacent to an activating group) is 1. The normalized spacial score (nSPS) is 16.6. The molecule has 11 heteroatoms. The Bertz CT molecular complexity index is 1210. The molecular formula is C25H31N11. The number of nitriles is 1. The summed E-state index contributed by atoms with van der Waals surface area (Å²) in [7, 11) is 2.12. The second-order valence-corrected chi connectivity index (χ2v) is 9.00. The molecule has 0 spiro atoms. The predicted octanol–water partition coefficient (Wildman–Crippen LogP) is 1.92. The average molecular weight is 486 g/mol. The molecule has 2 aliphatic heterocycles. The maximum absolute atomic E-state index is 9.69. The third-order valence-corrected chi connectivity index (χ3v) is 6.58. The summed E-state index contributed by atoms with van der Waals surface area (Å²) >= 11 is 0. The molecule has 5 rings (SSSR count). The number of anilines is 5. The molecule has 2 fully saturated rings. The van der Waals surface area contributed by atoms with Crippen LogP contribution in [0.15, 0.2) is 36.5 Å². The van der Waals surface area contributed by atoms with Crippen LogP contribution in [0.5, 0.6) is 0 Å². The van der Waals surface area contributed by atoms with Gasteiger partial charge in [-0.05, 0) is 19.2 Å². The Balaban J connectivity index is 1.34. The highest BCUT2D eigenvalue weighted by atomic mass is 15.4. The maximum Gasteiger partial charge on any atom is 0.233 e. The van der Waals surface area contributed by atoms with E-state index in [9.17, 15) is 5.26 Å². The van der Waals surface area contributed by atoms with Crippen LogP contribution in [0.2, 0.25) is 0 Å². The van der Waals surface area contributed by atoms with Crippen LogP contribution in [0.3, 0.4) is 0 Å². The van der Waals surface area contributed by atoms with E-state index in [1.54, 1.807) is 6.20 Å². The highest BCUT2D eigenvalue weighted by Crippen LogP contribution is 2.23. The van der Waals surface area contributed by atoms with E-state index < -0.39 is 0 Å². The van der Waals surface area contributed by atoms with Crippen LogP contribution in [0, 0.1) is 11.3 Å². The number of rotatable bonds is 6. The van der Waals surface area contributed by atoms with E-state index in [-0.39, 0.29) is 0 Å². The van der Waals surface area contributed by atoms with Gasteiger partial charge in [0.25, 0.3) is 0 Å². The van der Waals surface area contributed by atoms with E-state index in [1.807, 2.05) is 13.0 Å². The van der Waals surface area contributed by atoms with Crippen molar-refractivity contribution in [2.45, 2.75) is 13.3 Å². The van der Waals surface area contributed by atoms with E-state index in [0.717, 1.165) is 52.4 Å². The van der Waals surface area contributed by atoms with Crippen LogP contribution < -0.4 is 20.0 Å². The van der Waals surface area contributed by atoms with Crippen LogP contribution in [-0.4, -0.2) is 89.2 Å². The van der Waals surface area contributed by atoms with Gasteiger partial charge in [0.15, 0.2) is 5.82 Å². The van der Waals surface area contributed by atoms with Gasteiger partial charge >= 0.3 is 0 Å². The van der Waals surface area contributed by atoms with E-state index >= 15 is 0 Å². The number of aryl methyl sites for hydroxylation is 1. The summed E-state index contributed by atoms with van der Waals surface area (Å²) in [4.78, 5) is 32.0. The third-order valence-electron chi connectivity index (χ3n) is 6.58. The Kier molecular flexibility index (Phi) is 7.04. The van der Waals surface area contributed by atoms with Gasteiger partial charge in [-0.1, -0.05) is 25.1 Å². The third kappa shape index (κ3) is 5.28. The molecule has 1 aromatic carbocycles. The lowest BCUT2D eigenvalue weighted by atomic mass is 10.2. The first-order chi connectivity index (χ1) is 17.6.